The van der Waals surface area contributed by atoms with Gasteiger partial charge in [-0.2, -0.15) is 0 Å². The molecule has 0 unspecified atom stereocenters. The number of amides is 1. The molecule has 3 N–H and O–H groups in total. The van der Waals surface area contributed by atoms with Gasteiger partial charge in [-0.15, -0.1) is 0 Å². The van der Waals surface area contributed by atoms with Gasteiger partial charge in [0.05, 0.1) is 5.92 Å². The molecule has 0 radical (unpaired) electrons. The van der Waals surface area contributed by atoms with E-state index in [9.17, 15) is 9.59 Å². The molecule has 5 nitrogen and oxygen atoms in total. The number of carbonyl (C=O) groups excluding carboxylic acids is 2. The van der Waals surface area contributed by atoms with Crippen molar-refractivity contribution in [3.05, 3.63) is 89.1 Å². The maximum Gasteiger partial charge on any atom is 0.231 e. The second-order valence-corrected chi connectivity index (χ2v) is 7.65. The van der Waals surface area contributed by atoms with E-state index in [1.165, 1.54) is 0 Å². The molecule has 154 valence electrons. The monoisotopic (exact) mass is 421 g/mol. The Morgan fingerprint density at radius 3 is 2.80 bits per heavy atom. The zero-order valence-corrected chi connectivity index (χ0v) is 17.4. The number of nitrogens with one attached hydrogen (secondary N) is 1. The molecule has 0 aromatic heterocycles. The summed E-state index contributed by atoms with van der Waals surface area (Å²) in [7, 11) is 0. The molecular formula is C24H24ClN3O2. The van der Waals surface area contributed by atoms with Gasteiger partial charge in [0.25, 0.3) is 0 Å². The van der Waals surface area contributed by atoms with E-state index < -0.39 is 0 Å². The van der Waals surface area contributed by atoms with Crippen LogP contribution in [0.1, 0.15) is 24.0 Å². The Labute approximate surface area is 181 Å². The van der Waals surface area contributed by atoms with Crippen LogP contribution in [0.15, 0.2) is 78.0 Å². The summed E-state index contributed by atoms with van der Waals surface area (Å²) in [5.74, 6) is -0.801. The van der Waals surface area contributed by atoms with Crippen LogP contribution in [-0.4, -0.2) is 17.5 Å². The molecular weight excluding hydrogens is 398 g/mol. The van der Waals surface area contributed by atoms with E-state index in [0.717, 1.165) is 23.2 Å². The minimum atomic E-state index is -0.324. The number of benzene rings is 2. The Kier molecular flexibility index (Phi) is 7.20. The molecule has 30 heavy (non-hydrogen) atoms. The van der Waals surface area contributed by atoms with Crippen LogP contribution >= 0.6 is 11.6 Å². The number of fused-ring (bicyclic) bond motifs is 1. The van der Waals surface area contributed by atoms with Gasteiger partial charge in [-0.3, -0.25) is 9.59 Å². The predicted molar refractivity (Wildman–Crippen MR) is 122 cm³/mol. The first-order valence-electron chi connectivity index (χ1n) is 9.77. The van der Waals surface area contributed by atoms with Crippen molar-refractivity contribution in [2.45, 2.75) is 25.7 Å². The fraction of sp³-hybridized carbons (Fsp3) is 0.208. The van der Waals surface area contributed by atoms with Crippen molar-refractivity contribution in [3.8, 4) is 0 Å². The van der Waals surface area contributed by atoms with E-state index in [1.807, 2.05) is 42.5 Å². The molecule has 0 aliphatic carbocycles. The van der Waals surface area contributed by atoms with E-state index in [-0.39, 0.29) is 29.9 Å². The fourth-order valence-electron chi connectivity index (χ4n) is 3.29. The van der Waals surface area contributed by atoms with Crippen LogP contribution in [0.2, 0.25) is 5.02 Å². The summed E-state index contributed by atoms with van der Waals surface area (Å²) in [6.07, 6.45) is 5.40. The smallest absolute Gasteiger partial charge is 0.231 e. The van der Waals surface area contributed by atoms with E-state index in [0.29, 0.717) is 23.6 Å². The number of halogens is 1. The van der Waals surface area contributed by atoms with Crippen molar-refractivity contribution in [1.29, 1.82) is 0 Å². The van der Waals surface area contributed by atoms with Gasteiger partial charge in [-0.05, 0) is 42.2 Å². The van der Waals surface area contributed by atoms with Crippen LogP contribution in [0.5, 0.6) is 0 Å². The van der Waals surface area contributed by atoms with Gasteiger partial charge in [0.2, 0.25) is 11.7 Å². The Morgan fingerprint density at radius 2 is 2.03 bits per heavy atom. The largest absolute Gasteiger partial charge is 0.381 e. The van der Waals surface area contributed by atoms with Gasteiger partial charge in [0.15, 0.2) is 5.84 Å². The molecule has 0 fully saturated rings. The standard InChI is InChI=1S/C24H24ClN3O2/c1-16(14-17-6-3-2-4-7-17)27-23(26)22(29)9-5-8-18-10-11-19-15-20(25)12-13-21(19)28-24(18)30/h2-8,12-13,15,18H,1,9-11,14H2,(H2,26,27)(H,28,30)/b8-5+/t18-/m0/s1. The molecule has 1 aliphatic rings. The number of aliphatic imine (C=N–C) groups is 1. The fourth-order valence-corrected chi connectivity index (χ4v) is 3.48. The topological polar surface area (TPSA) is 84.5 Å². The van der Waals surface area contributed by atoms with Crippen molar-refractivity contribution in [2.24, 2.45) is 16.6 Å². The number of anilines is 1. The molecule has 0 spiro atoms. The highest BCUT2D eigenvalue weighted by Crippen LogP contribution is 2.27. The molecule has 0 saturated carbocycles. The first kappa shape index (κ1) is 21.5. The van der Waals surface area contributed by atoms with Crippen molar-refractivity contribution < 1.29 is 9.59 Å². The highest BCUT2D eigenvalue weighted by molar-refractivity contribution is 6.38. The van der Waals surface area contributed by atoms with Crippen LogP contribution in [0.3, 0.4) is 0 Å². The average molecular weight is 422 g/mol. The Bertz CT molecular complexity index is 1010. The van der Waals surface area contributed by atoms with Crippen molar-refractivity contribution in [3.63, 3.8) is 0 Å². The second-order valence-electron chi connectivity index (χ2n) is 7.22. The summed E-state index contributed by atoms with van der Waals surface area (Å²) < 4.78 is 0. The zero-order valence-electron chi connectivity index (χ0n) is 16.6. The molecule has 2 aromatic carbocycles. The van der Waals surface area contributed by atoms with Crippen molar-refractivity contribution in [1.82, 2.24) is 0 Å². The van der Waals surface area contributed by atoms with Gasteiger partial charge in [0, 0.05) is 29.2 Å². The minimum Gasteiger partial charge on any atom is -0.381 e. The molecule has 1 heterocycles. The van der Waals surface area contributed by atoms with E-state index in [2.05, 4.69) is 16.9 Å². The number of ketones is 1. The van der Waals surface area contributed by atoms with Crippen LogP contribution in [0, 0.1) is 5.92 Å². The van der Waals surface area contributed by atoms with Gasteiger partial charge in [-0.25, -0.2) is 4.99 Å². The lowest BCUT2D eigenvalue weighted by molar-refractivity contribution is -0.118. The quantitative estimate of drug-likeness (QED) is 0.393. The Morgan fingerprint density at radius 1 is 1.27 bits per heavy atom. The molecule has 0 saturated heterocycles. The molecule has 1 amide bonds. The summed E-state index contributed by atoms with van der Waals surface area (Å²) in [5, 5.41) is 3.56. The number of amidine groups is 1. The maximum atomic E-state index is 12.5. The molecule has 1 atom stereocenters. The Hall–Kier alpha value is -3.18. The van der Waals surface area contributed by atoms with E-state index in [1.54, 1.807) is 18.2 Å². The van der Waals surface area contributed by atoms with E-state index in [4.69, 9.17) is 17.3 Å². The summed E-state index contributed by atoms with van der Waals surface area (Å²) >= 11 is 6.04. The van der Waals surface area contributed by atoms with Crippen LogP contribution in [0.4, 0.5) is 5.69 Å². The first-order valence-corrected chi connectivity index (χ1v) is 10.1. The summed E-state index contributed by atoms with van der Waals surface area (Å²) in [6, 6.07) is 15.2. The van der Waals surface area contributed by atoms with Crippen LogP contribution < -0.4 is 11.1 Å². The third-order valence-electron chi connectivity index (χ3n) is 4.87. The summed E-state index contributed by atoms with van der Waals surface area (Å²) in [5.41, 5.74) is 9.19. The summed E-state index contributed by atoms with van der Waals surface area (Å²) in [6.45, 7) is 3.87. The first-order chi connectivity index (χ1) is 14.4. The third-order valence-corrected chi connectivity index (χ3v) is 5.11. The zero-order chi connectivity index (χ0) is 21.5. The van der Waals surface area contributed by atoms with Gasteiger partial charge in [0.1, 0.15) is 0 Å². The molecule has 6 heteroatoms. The predicted octanol–water partition coefficient (Wildman–Crippen LogP) is 4.47. The molecule has 2 aromatic rings. The van der Waals surface area contributed by atoms with Gasteiger partial charge in [-0.1, -0.05) is 60.7 Å². The Balaban J connectivity index is 1.54. The van der Waals surface area contributed by atoms with Crippen LogP contribution in [0.25, 0.3) is 0 Å². The maximum absolute atomic E-state index is 12.5. The number of allylic oxidation sites excluding steroid dienone is 2. The third kappa shape index (κ3) is 5.91. The lowest BCUT2D eigenvalue weighted by Crippen LogP contribution is -2.23. The number of hydrogen-bond donors (Lipinski definition) is 2. The van der Waals surface area contributed by atoms with Crippen LogP contribution in [-0.2, 0) is 22.4 Å². The second kappa shape index (κ2) is 10.0. The molecule has 0 bridgehead atoms. The molecule has 1 aliphatic heterocycles. The summed E-state index contributed by atoms with van der Waals surface area (Å²) in [4.78, 5) is 28.9. The average Bonchev–Trinajstić information content (AvgIpc) is 2.87. The van der Waals surface area contributed by atoms with Crippen molar-refractivity contribution in [2.75, 3.05) is 5.32 Å². The molecule has 3 rings (SSSR count). The highest BCUT2D eigenvalue weighted by Gasteiger charge is 2.21. The van der Waals surface area contributed by atoms with Gasteiger partial charge >= 0.3 is 0 Å². The lowest BCUT2D eigenvalue weighted by atomic mass is 9.99. The van der Waals surface area contributed by atoms with Gasteiger partial charge < -0.3 is 11.1 Å². The number of carbonyl (C=O) groups is 2. The SMILES string of the molecule is C=C(Cc1ccccc1)N=C(N)C(=O)C/C=C/[C@H]1CCc2cc(Cl)ccc2NC1=O. The van der Waals surface area contributed by atoms with E-state index >= 15 is 0 Å². The number of nitrogens with two attached hydrogens (primary N) is 1. The number of aryl methyl sites for hydroxylation is 1. The number of nitrogens with zero attached hydrogens (tertiary/aromatic N) is 1. The number of hydrogen-bond acceptors (Lipinski definition) is 3. The number of rotatable bonds is 7. The normalized spacial score (nSPS) is 16.6. The number of Topliss-reactive ketones (excluding diaryl/α,β-unsaturated/α-hetero) is 1. The minimum absolute atomic E-state index is 0.0760. The van der Waals surface area contributed by atoms with Crippen molar-refractivity contribution >= 4 is 34.8 Å². The lowest BCUT2D eigenvalue weighted by Gasteiger charge is -2.08. The highest BCUT2D eigenvalue weighted by atomic mass is 35.5.